The highest BCUT2D eigenvalue weighted by molar-refractivity contribution is 7.09. The van der Waals surface area contributed by atoms with Crippen LogP contribution < -0.4 is 10.6 Å². The molecular weight excluding hydrogens is 334 g/mol. The number of benzene rings is 1. The van der Waals surface area contributed by atoms with Crippen LogP contribution in [0.3, 0.4) is 0 Å². The van der Waals surface area contributed by atoms with Gasteiger partial charge in [-0.2, -0.15) is 0 Å². The number of carbonyl (C=O) groups excluding carboxylic acids is 2. The molecule has 1 heterocycles. The Hall–Kier alpha value is -2.21. The molecule has 6 heteroatoms. The summed E-state index contributed by atoms with van der Waals surface area (Å²) >= 11 is 1.62. The normalized spacial score (nSPS) is 15.8. The van der Waals surface area contributed by atoms with Crippen LogP contribution in [0.5, 0.6) is 0 Å². The third-order valence-electron chi connectivity index (χ3n) is 4.58. The molecule has 0 bridgehead atoms. The van der Waals surface area contributed by atoms with E-state index in [2.05, 4.69) is 15.6 Å². The van der Waals surface area contributed by atoms with Gasteiger partial charge in [-0.1, -0.05) is 25.0 Å². The molecule has 132 valence electrons. The van der Waals surface area contributed by atoms with Crippen molar-refractivity contribution in [3.05, 3.63) is 34.7 Å². The molecule has 0 aliphatic heterocycles. The molecule has 1 aliphatic rings. The van der Waals surface area contributed by atoms with Crippen molar-refractivity contribution < 1.29 is 9.59 Å². The highest BCUT2D eigenvalue weighted by atomic mass is 32.1. The first-order valence-electron chi connectivity index (χ1n) is 8.63. The molecule has 1 unspecified atom stereocenters. The van der Waals surface area contributed by atoms with Crippen LogP contribution in [0.15, 0.2) is 29.6 Å². The molecule has 1 fully saturated rings. The first-order chi connectivity index (χ1) is 12.0. The van der Waals surface area contributed by atoms with E-state index in [0.717, 1.165) is 47.6 Å². The van der Waals surface area contributed by atoms with Gasteiger partial charge in [0.25, 0.3) is 0 Å². The van der Waals surface area contributed by atoms with Crippen molar-refractivity contribution in [3.63, 3.8) is 0 Å². The van der Waals surface area contributed by atoms with Gasteiger partial charge >= 0.3 is 0 Å². The van der Waals surface area contributed by atoms with E-state index in [1.165, 1.54) is 6.92 Å². The maximum Gasteiger partial charge on any atom is 0.247 e. The van der Waals surface area contributed by atoms with Crippen LogP contribution in [-0.4, -0.2) is 22.8 Å². The summed E-state index contributed by atoms with van der Waals surface area (Å²) in [7, 11) is 0. The van der Waals surface area contributed by atoms with Crippen molar-refractivity contribution in [2.45, 2.75) is 45.6 Å². The summed E-state index contributed by atoms with van der Waals surface area (Å²) in [5.74, 6) is -0.0817. The minimum Gasteiger partial charge on any atom is -0.344 e. The number of rotatable bonds is 5. The summed E-state index contributed by atoms with van der Waals surface area (Å²) in [6.07, 6.45) is 4.21. The van der Waals surface area contributed by atoms with E-state index in [1.54, 1.807) is 11.3 Å². The number of thiazole rings is 1. The zero-order valence-electron chi connectivity index (χ0n) is 14.5. The van der Waals surface area contributed by atoms with E-state index in [4.69, 9.17) is 0 Å². The molecule has 2 aromatic rings. The van der Waals surface area contributed by atoms with E-state index >= 15 is 0 Å². The summed E-state index contributed by atoms with van der Waals surface area (Å²) in [6.45, 7) is 3.44. The molecule has 0 radical (unpaired) electrons. The Morgan fingerprint density at radius 1 is 1.20 bits per heavy atom. The Morgan fingerprint density at radius 2 is 1.88 bits per heavy atom. The second-order valence-electron chi connectivity index (χ2n) is 6.54. The molecule has 2 N–H and O–H groups in total. The van der Waals surface area contributed by atoms with Crippen molar-refractivity contribution in [2.75, 3.05) is 5.32 Å². The average molecular weight is 357 g/mol. The van der Waals surface area contributed by atoms with Crippen LogP contribution in [0.4, 0.5) is 5.69 Å². The van der Waals surface area contributed by atoms with Gasteiger partial charge in [0, 0.05) is 23.6 Å². The maximum absolute atomic E-state index is 12.7. The van der Waals surface area contributed by atoms with Gasteiger partial charge in [0.15, 0.2) is 0 Å². The highest BCUT2D eigenvalue weighted by Crippen LogP contribution is 2.29. The fourth-order valence-electron chi connectivity index (χ4n) is 3.35. The van der Waals surface area contributed by atoms with E-state index in [9.17, 15) is 9.59 Å². The van der Waals surface area contributed by atoms with Crippen molar-refractivity contribution >= 4 is 28.8 Å². The van der Waals surface area contributed by atoms with Gasteiger partial charge in [0.1, 0.15) is 6.04 Å². The summed E-state index contributed by atoms with van der Waals surface area (Å²) < 4.78 is 0. The number of aryl methyl sites for hydroxylation is 1. The van der Waals surface area contributed by atoms with Gasteiger partial charge in [-0.15, -0.1) is 11.3 Å². The molecule has 1 aromatic carbocycles. The predicted octanol–water partition coefficient (Wildman–Crippen LogP) is 3.75. The lowest BCUT2D eigenvalue weighted by molar-refractivity contribution is -0.126. The summed E-state index contributed by atoms with van der Waals surface area (Å²) in [5, 5.41) is 8.81. The van der Waals surface area contributed by atoms with Gasteiger partial charge in [-0.05, 0) is 37.8 Å². The number of carbonyl (C=O) groups is 2. The largest absolute Gasteiger partial charge is 0.344 e. The predicted molar refractivity (Wildman–Crippen MR) is 100 cm³/mol. The molecule has 1 atom stereocenters. The second-order valence-corrected chi connectivity index (χ2v) is 7.60. The standard InChI is InChI=1S/C19H23N3O2S/c1-12(23)20-18(15-5-3-4-6-15)19(24)22-16-9-7-14(8-10-16)17-11-25-13(2)21-17/h7-11,15,18H,3-6H2,1-2H3,(H,20,23)(H,22,24). The minimum atomic E-state index is -0.458. The van der Waals surface area contributed by atoms with Gasteiger partial charge in [-0.3, -0.25) is 9.59 Å². The zero-order chi connectivity index (χ0) is 17.8. The quantitative estimate of drug-likeness (QED) is 0.856. The molecule has 3 rings (SSSR count). The molecule has 2 amide bonds. The SMILES string of the molecule is CC(=O)NC(C(=O)Nc1ccc(-c2csc(C)n2)cc1)C1CCCC1. The van der Waals surface area contributed by atoms with Crippen LogP contribution in [0.2, 0.25) is 0 Å². The number of nitrogens with one attached hydrogen (secondary N) is 2. The van der Waals surface area contributed by atoms with Crippen molar-refractivity contribution in [2.24, 2.45) is 5.92 Å². The lowest BCUT2D eigenvalue weighted by Crippen LogP contribution is -2.47. The number of amides is 2. The molecule has 5 nitrogen and oxygen atoms in total. The van der Waals surface area contributed by atoms with Crippen LogP contribution in [0.1, 0.15) is 37.6 Å². The van der Waals surface area contributed by atoms with Crippen molar-refractivity contribution in [1.82, 2.24) is 10.3 Å². The fraction of sp³-hybridized carbons (Fsp3) is 0.421. The average Bonchev–Trinajstić information content (AvgIpc) is 3.25. The number of aromatic nitrogens is 1. The third kappa shape index (κ3) is 4.45. The van der Waals surface area contributed by atoms with Crippen molar-refractivity contribution in [3.8, 4) is 11.3 Å². The highest BCUT2D eigenvalue weighted by Gasteiger charge is 2.31. The summed E-state index contributed by atoms with van der Waals surface area (Å²) in [4.78, 5) is 28.6. The van der Waals surface area contributed by atoms with Crippen LogP contribution >= 0.6 is 11.3 Å². The Labute approximate surface area is 151 Å². The molecule has 0 saturated heterocycles. The van der Waals surface area contributed by atoms with E-state index in [-0.39, 0.29) is 17.7 Å². The first kappa shape index (κ1) is 17.6. The van der Waals surface area contributed by atoms with Gasteiger partial charge in [-0.25, -0.2) is 4.98 Å². The number of anilines is 1. The molecule has 1 aromatic heterocycles. The molecule has 25 heavy (non-hydrogen) atoms. The monoisotopic (exact) mass is 357 g/mol. The Bertz CT molecular complexity index is 748. The van der Waals surface area contributed by atoms with Gasteiger partial charge in [0.2, 0.25) is 11.8 Å². The third-order valence-corrected chi connectivity index (χ3v) is 5.35. The minimum absolute atomic E-state index is 0.139. The fourth-order valence-corrected chi connectivity index (χ4v) is 3.97. The Kier molecular flexibility index (Phi) is 5.48. The van der Waals surface area contributed by atoms with Gasteiger partial charge in [0.05, 0.1) is 10.7 Å². The van der Waals surface area contributed by atoms with Crippen LogP contribution in [0, 0.1) is 12.8 Å². The lowest BCUT2D eigenvalue weighted by Gasteiger charge is -2.23. The summed E-state index contributed by atoms with van der Waals surface area (Å²) in [6, 6.07) is 7.20. The zero-order valence-corrected chi connectivity index (χ0v) is 15.4. The van der Waals surface area contributed by atoms with E-state index in [0.29, 0.717) is 0 Å². The molecule has 1 saturated carbocycles. The number of hydrogen-bond acceptors (Lipinski definition) is 4. The van der Waals surface area contributed by atoms with Gasteiger partial charge < -0.3 is 10.6 Å². The molecule has 1 aliphatic carbocycles. The molecular formula is C19H23N3O2S. The number of nitrogens with zero attached hydrogens (tertiary/aromatic N) is 1. The Morgan fingerprint density at radius 3 is 2.44 bits per heavy atom. The van der Waals surface area contributed by atoms with Crippen LogP contribution in [0.25, 0.3) is 11.3 Å². The molecule has 0 spiro atoms. The summed E-state index contributed by atoms with van der Waals surface area (Å²) in [5.41, 5.74) is 2.70. The van der Waals surface area contributed by atoms with E-state index < -0.39 is 6.04 Å². The first-order valence-corrected chi connectivity index (χ1v) is 9.51. The van der Waals surface area contributed by atoms with E-state index in [1.807, 2.05) is 36.6 Å². The van der Waals surface area contributed by atoms with Crippen LogP contribution in [-0.2, 0) is 9.59 Å². The topological polar surface area (TPSA) is 71.1 Å². The smallest absolute Gasteiger partial charge is 0.247 e. The lowest BCUT2D eigenvalue weighted by atomic mass is 9.97. The van der Waals surface area contributed by atoms with Crippen molar-refractivity contribution in [1.29, 1.82) is 0 Å². The number of hydrogen-bond donors (Lipinski definition) is 2. The maximum atomic E-state index is 12.7. The Balaban J connectivity index is 1.69. The second kappa shape index (κ2) is 7.78.